The molecule has 0 aromatic heterocycles. The Labute approximate surface area is 202 Å². The number of hydrogen-bond donors (Lipinski definition) is 1. The highest BCUT2D eigenvalue weighted by Crippen LogP contribution is 2.30. The van der Waals surface area contributed by atoms with Crippen LogP contribution in [0.25, 0.3) is 0 Å². The number of piperidine rings is 2. The molecule has 0 radical (unpaired) electrons. The van der Waals surface area contributed by atoms with Crippen LogP contribution >= 0.6 is 0 Å². The Morgan fingerprint density at radius 3 is 2.26 bits per heavy atom. The average Bonchev–Trinajstić information content (AvgIpc) is 2.85. The summed E-state index contributed by atoms with van der Waals surface area (Å²) in [5.74, 6) is 0.296. The van der Waals surface area contributed by atoms with Crippen molar-refractivity contribution < 1.29 is 13.2 Å². The fourth-order valence-electron chi connectivity index (χ4n) is 4.83. The lowest BCUT2D eigenvalue weighted by Crippen LogP contribution is -2.39. The highest BCUT2D eigenvalue weighted by atomic mass is 32.2. The molecule has 0 spiro atoms. The molecule has 1 amide bonds. The van der Waals surface area contributed by atoms with Crippen molar-refractivity contribution in [1.29, 1.82) is 5.26 Å². The molecule has 1 N–H and O–H groups in total. The Hall–Kier alpha value is -2.89. The van der Waals surface area contributed by atoms with Gasteiger partial charge in [-0.1, -0.05) is 18.2 Å². The van der Waals surface area contributed by atoms with Gasteiger partial charge in [0.1, 0.15) is 0 Å². The maximum absolute atomic E-state index is 13.2. The number of hydrogen-bond acceptors (Lipinski definition) is 5. The van der Waals surface area contributed by atoms with Crippen LogP contribution in [-0.2, 0) is 10.0 Å². The molecule has 0 unspecified atom stereocenters. The molecule has 0 bridgehead atoms. The first kappa shape index (κ1) is 24.2. The molecule has 2 aromatic carbocycles. The number of sulfonamides is 1. The van der Waals surface area contributed by atoms with Gasteiger partial charge in [0.25, 0.3) is 5.91 Å². The van der Waals surface area contributed by atoms with Gasteiger partial charge < -0.3 is 9.80 Å². The summed E-state index contributed by atoms with van der Waals surface area (Å²) < 4.78 is 28.7. The van der Waals surface area contributed by atoms with Crippen LogP contribution in [0.3, 0.4) is 0 Å². The van der Waals surface area contributed by atoms with Crippen molar-refractivity contribution in [2.24, 2.45) is 0 Å². The Morgan fingerprint density at radius 2 is 1.65 bits per heavy atom. The smallest absolute Gasteiger partial charge is 0.253 e. The van der Waals surface area contributed by atoms with Gasteiger partial charge in [0.2, 0.25) is 10.0 Å². The molecule has 0 atom stereocenters. The number of amides is 1. The molecular weight excluding hydrogens is 448 g/mol. The van der Waals surface area contributed by atoms with E-state index in [-0.39, 0.29) is 5.91 Å². The van der Waals surface area contributed by atoms with Gasteiger partial charge in [-0.05, 0) is 94.1 Å². The number of likely N-dealkylation sites (tertiary alicyclic amines) is 2. The first-order valence-corrected chi connectivity index (χ1v) is 13.4. The second kappa shape index (κ2) is 10.2. The predicted octanol–water partition coefficient (Wildman–Crippen LogP) is 3.72. The van der Waals surface area contributed by atoms with Crippen molar-refractivity contribution in [3.05, 3.63) is 64.7 Å². The van der Waals surface area contributed by atoms with Crippen LogP contribution in [0.15, 0.2) is 42.5 Å². The first-order valence-electron chi connectivity index (χ1n) is 11.9. The summed E-state index contributed by atoms with van der Waals surface area (Å²) in [6.45, 7) is 4.68. The van der Waals surface area contributed by atoms with Crippen LogP contribution in [-0.4, -0.2) is 62.6 Å². The summed E-state index contributed by atoms with van der Waals surface area (Å²) in [4.78, 5) is 17.2. The van der Waals surface area contributed by atoms with Gasteiger partial charge in [0.05, 0.1) is 22.6 Å². The molecule has 2 aliphatic rings. The third kappa shape index (κ3) is 5.43. The second-order valence-corrected chi connectivity index (χ2v) is 11.4. The maximum atomic E-state index is 13.2. The van der Waals surface area contributed by atoms with Gasteiger partial charge in [0.15, 0.2) is 0 Å². The van der Waals surface area contributed by atoms with Gasteiger partial charge in [-0.2, -0.15) is 5.26 Å². The van der Waals surface area contributed by atoms with Crippen molar-refractivity contribution in [2.75, 3.05) is 37.9 Å². The summed E-state index contributed by atoms with van der Waals surface area (Å²) in [6.07, 6.45) is 2.94. The van der Waals surface area contributed by atoms with Crippen LogP contribution < -0.4 is 4.72 Å². The Bertz CT molecular complexity index is 1170. The number of rotatable bonds is 5. The number of nitrogens with zero attached hydrogens (tertiary/aromatic N) is 3. The lowest BCUT2D eigenvalue weighted by atomic mass is 9.89. The molecule has 2 aliphatic heterocycles. The largest absolute Gasteiger partial charge is 0.339 e. The van der Waals surface area contributed by atoms with Crippen molar-refractivity contribution in [1.82, 2.24) is 9.80 Å². The topological polar surface area (TPSA) is 93.5 Å². The summed E-state index contributed by atoms with van der Waals surface area (Å²) in [5, 5.41) is 8.57. The highest BCUT2D eigenvalue weighted by molar-refractivity contribution is 7.93. The van der Waals surface area contributed by atoms with E-state index in [2.05, 4.69) is 15.7 Å². The van der Waals surface area contributed by atoms with E-state index in [4.69, 9.17) is 5.26 Å². The van der Waals surface area contributed by atoms with E-state index in [1.807, 2.05) is 49.2 Å². The molecule has 4 rings (SSSR count). The normalized spacial score (nSPS) is 18.4. The minimum absolute atomic E-state index is 0.0713. The molecule has 34 heavy (non-hydrogen) atoms. The molecule has 2 fully saturated rings. The number of carbonyl (C=O) groups is 1. The summed E-state index contributed by atoms with van der Waals surface area (Å²) in [7, 11) is -1.51. The maximum Gasteiger partial charge on any atom is 0.253 e. The minimum Gasteiger partial charge on any atom is -0.339 e. The first-order chi connectivity index (χ1) is 16.3. The van der Waals surface area contributed by atoms with Crippen molar-refractivity contribution in [3.63, 3.8) is 0 Å². The molecular formula is C26H32N4O3S. The standard InChI is InChI=1S/C26H32N4O3S/c1-19-3-6-23(17-25(19)28-34(32,33)24-11-13-29(2)14-12-24)26(31)30-15-9-22(10-16-30)21-7-4-20(18-27)5-8-21/h3-8,17,22,24,28H,9-16H2,1-2H3. The highest BCUT2D eigenvalue weighted by Gasteiger charge is 2.30. The van der Waals surface area contributed by atoms with E-state index >= 15 is 0 Å². The summed E-state index contributed by atoms with van der Waals surface area (Å²) >= 11 is 0. The number of benzene rings is 2. The molecule has 7 nitrogen and oxygen atoms in total. The van der Waals surface area contributed by atoms with Gasteiger partial charge in [-0.15, -0.1) is 0 Å². The number of aryl methyl sites for hydroxylation is 1. The Kier molecular flexibility index (Phi) is 7.24. The zero-order valence-corrected chi connectivity index (χ0v) is 20.6. The van der Waals surface area contributed by atoms with E-state index in [0.717, 1.165) is 31.5 Å². The van der Waals surface area contributed by atoms with Crippen LogP contribution in [0.2, 0.25) is 0 Å². The van der Waals surface area contributed by atoms with Crippen LogP contribution in [0.5, 0.6) is 0 Å². The second-order valence-electron chi connectivity index (χ2n) is 9.48. The summed E-state index contributed by atoms with van der Waals surface area (Å²) in [6, 6.07) is 15.1. The van der Waals surface area contributed by atoms with E-state index in [9.17, 15) is 13.2 Å². The average molecular weight is 481 g/mol. The lowest BCUT2D eigenvalue weighted by Gasteiger charge is -2.32. The third-order valence-electron chi connectivity index (χ3n) is 7.13. The van der Waals surface area contributed by atoms with E-state index in [1.165, 1.54) is 5.56 Å². The molecule has 2 heterocycles. The van der Waals surface area contributed by atoms with Crippen LogP contribution in [0.1, 0.15) is 58.6 Å². The molecule has 8 heteroatoms. The van der Waals surface area contributed by atoms with Crippen molar-refractivity contribution >= 4 is 21.6 Å². The zero-order chi connectivity index (χ0) is 24.3. The van der Waals surface area contributed by atoms with Crippen LogP contribution in [0.4, 0.5) is 5.69 Å². The Balaban J connectivity index is 1.41. The van der Waals surface area contributed by atoms with E-state index in [1.54, 1.807) is 12.1 Å². The molecule has 180 valence electrons. The van der Waals surface area contributed by atoms with Gasteiger partial charge in [-0.25, -0.2) is 8.42 Å². The molecule has 2 aromatic rings. The third-order valence-corrected chi connectivity index (χ3v) is 8.99. The quantitative estimate of drug-likeness (QED) is 0.704. The number of carbonyl (C=O) groups excluding carboxylic acids is 1. The fraction of sp³-hybridized carbons (Fsp3) is 0.462. The number of anilines is 1. The molecule has 0 saturated carbocycles. The fourth-order valence-corrected chi connectivity index (χ4v) is 6.35. The minimum atomic E-state index is -3.51. The zero-order valence-electron chi connectivity index (χ0n) is 19.8. The van der Waals surface area contributed by atoms with Crippen molar-refractivity contribution in [2.45, 2.75) is 43.8 Å². The van der Waals surface area contributed by atoms with Gasteiger partial charge >= 0.3 is 0 Å². The van der Waals surface area contributed by atoms with Gasteiger partial charge in [0, 0.05) is 18.7 Å². The molecule has 2 saturated heterocycles. The summed E-state index contributed by atoms with van der Waals surface area (Å²) in [5.41, 5.74) is 3.64. The SMILES string of the molecule is Cc1ccc(C(=O)N2CCC(c3ccc(C#N)cc3)CC2)cc1NS(=O)(=O)C1CCN(C)CC1. The Morgan fingerprint density at radius 1 is 1.00 bits per heavy atom. The van der Waals surface area contributed by atoms with Crippen molar-refractivity contribution in [3.8, 4) is 6.07 Å². The predicted molar refractivity (Wildman–Crippen MR) is 133 cm³/mol. The van der Waals surface area contributed by atoms with E-state index in [0.29, 0.717) is 48.7 Å². The number of nitrogens with one attached hydrogen (secondary N) is 1. The lowest BCUT2D eigenvalue weighted by molar-refractivity contribution is 0.0713. The monoisotopic (exact) mass is 480 g/mol. The number of nitriles is 1. The van der Waals surface area contributed by atoms with Gasteiger partial charge in [-0.3, -0.25) is 9.52 Å². The van der Waals surface area contributed by atoms with E-state index < -0.39 is 15.3 Å². The van der Waals surface area contributed by atoms with Crippen LogP contribution in [0, 0.1) is 18.3 Å². The molecule has 0 aliphatic carbocycles.